The number of likely N-dealkylation sites (tertiary alicyclic amines) is 1. The number of aromatic amines is 1. The number of β-amino-alcohol motifs (C(OH)–C–C–N with tert-alkyl or cyclic N) is 1. The Morgan fingerprint density at radius 3 is 3.00 bits per heavy atom. The number of aliphatic hydroxyl groups is 1. The first-order valence-corrected chi connectivity index (χ1v) is 5.64. The highest BCUT2D eigenvalue weighted by molar-refractivity contribution is 5.93. The predicted octanol–water partition coefficient (Wildman–Crippen LogP) is 1.39. The molecule has 0 aliphatic carbocycles. The fraction of sp³-hybridized carbons (Fsp3) is 0.583. The predicted molar refractivity (Wildman–Crippen MR) is 61.1 cm³/mol. The number of carbonyl (C=O) groups excluding carboxylic acids is 1. The van der Waals surface area contributed by atoms with Crippen LogP contribution in [0.2, 0.25) is 0 Å². The quantitative estimate of drug-likeness (QED) is 0.754. The number of nitrogens with one attached hydrogen (secondary N) is 1. The third kappa shape index (κ3) is 1.97. The lowest BCUT2D eigenvalue weighted by atomic mass is 9.89. The average molecular weight is 222 g/mol. The first-order valence-electron chi connectivity index (χ1n) is 5.64. The Morgan fingerprint density at radius 2 is 2.38 bits per heavy atom. The van der Waals surface area contributed by atoms with Gasteiger partial charge in [-0.15, -0.1) is 0 Å². The van der Waals surface area contributed by atoms with E-state index < -0.39 is 6.10 Å². The van der Waals surface area contributed by atoms with Gasteiger partial charge in [0.2, 0.25) is 0 Å². The summed E-state index contributed by atoms with van der Waals surface area (Å²) in [5.74, 6) is -0.0336. The molecule has 2 N–H and O–H groups in total. The van der Waals surface area contributed by atoms with Gasteiger partial charge in [-0.05, 0) is 38.8 Å². The van der Waals surface area contributed by atoms with Gasteiger partial charge in [0.05, 0.1) is 6.10 Å². The molecule has 0 aromatic carbocycles. The molecule has 2 rings (SSSR count). The van der Waals surface area contributed by atoms with Crippen LogP contribution in [0, 0.1) is 0 Å². The summed E-state index contributed by atoms with van der Waals surface area (Å²) in [6.07, 6.45) is 2.94. The van der Waals surface area contributed by atoms with E-state index in [1.54, 1.807) is 23.2 Å². The van der Waals surface area contributed by atoms with Crippen LogP contribution in [-0.2, 0) is 0 Å². The maximum atomic E-state index is 12.2. The third-order valence-electron chi connectivity index (χ3n) is 3.29. The monoisotopic (exact) mass is 222 g/mol. The first kappa shape index (κ1) is 11.2. The molecule has 1 unspecified atom stereocenters. The topological polar surface area (TPSA) is 56.3 Å². The van der Waals surface area contributed by atoms with Crippen LogP contribution in [-0.4, -0.2) is 39.1 Å². The zero-order chi connectivity index (χ0) is 11.8. The van der Waals surface area contributed by atoms with E-state index in [9.17, 15) is 9.90 Å². The second-order valence-electron chi connectivity index (χ2n) is 5.00. The van der Waals surface area contributed by atoms with E-state index in [1.165, 1.54) is 0 Å². The minimum atomic E-state index is -0.396. The summed E-state index contributed by atoms with van der Waals surface area (Å²) in [5, 5.41) is 9.65. The van der Waals surface area contributed by atoms with Gasteiger partial charge in [0.25, 0.3) is 5.91 Å². The van der Waals surface area contributed by atoms with Crippen molar-refractivity contribution in [3.63, 3.8) is 0 Å². The molecule has 1 amide bonds. The zero-order valence-corrected chi connectivity index (χ0v) is 9.73. The van der Waals surface area contributed by atoms with E-state index in [1.807, 2.05) is 13.8 Å². The normalized spacial score (nSPS) is 24.4. The van der Waals surface area contributed by atoms with Gasteiger partial charge >= 0.3 is 0 Å². The summed E-state index contributed by atoms with van der Waals surface area (Å²) >= 11 is 0. The van der Waals surface area contributed by atoms with Gasteiger partial charge in [-0.1, -0.05) is 0 Å². The van der Waals surface area contributed by atoms with Crippen molar-refractivity contribution in [3.05, 3.63) is 24.0 Å². The largest absolute Gasteiger partial charge is 0.391 e. The SMILES string of the molecule is CC1(C)CCC(O)CN1C(=O)c1ccc[nH]1. The summed E-state index contributed by atoms with van der Waals surface area (Å²) in [6, 6.07) is 3.57. The molecule has 1 aromatic rings. The molecule has 1 saturated heterocycles. The molecule has 0 spiro atoms. The van der Waals surface area contributed by atoms with Crippen LogP contribution in [0.4, 0.5) is 0 Å². The van der Waals surface area contributed by atoms with Gasteiger partial charge < -0.3 is 15.0 Å². The first-order chi connectivity index (χ1) is 7.50. The number of rotatable bonds is 1. The maximum absolute atomic E-state index is 12.2. The number of amides is 1. The highest BCUT2D eigenvalue weighted by Crippen LogP contribution is 2.28. The number of nitrogens with zero attached hydrogens (tertiary/aromatic N) is 1. The second kappa shape index (κ2) is 3.94. The maximum Gasteiger partial charge on any atom is 0.270 e. The zero-order valence-electron chi connectivity index (χ0n) is 9.73. The minimum absolute atomic E-state index is 0.0336. The highest BCUT2D eigenvalue weighted by Gasteiger charge is 2.37. The molecule has 16 heavy (non-hydrogen) atoms. The van der Waals surface area contributed by atoms with Crippen LogP contribution < -0.4 is 0 Å². The van der Waals surface area contributed by atoms with Crippen molar-refractivity contribution in [1.82, 2.24) is 9.88 Å². The number of carbonyl (C=O) groups is 1. The molecule has 1 atom stereocenters. The van der Waals surface area contributed by atoms with E-state index in [0.29, 0.717) is 12.2 Å². The number of piperidine rings is 1. The Bertz CT molecular complexity index is 370. The molecule has 0 saturated carbocycles. The number of aromatic nitrogens is 1. The molecule has 4 nitrogen and oxygen atoms in total. The molecule has 1 aliphatic heterocycles. The van der Waals surface area contributed by atoms with Crippen LogP contribution in [0.15, 0.2) is 18.3 Å². The summed E-state index contributed by atoms with van der Waals surface area (Å²) in [4.78, 5) is 16.9. The van der Waals surface area contributed by atoms with Crippen LogP contribution in [0.25, 0.3) is 0 Å². The molecular formula is C12H18N2O2. The van der Waals surface area contributed by atoms with Crippen molar-refractivity contribution < 1.29 is 9.90 Å². The summed E-state index contributed by atoms with van der Waals surface area (Å²) in [6.45, 7) is 4.50. The van der Waals surface area contributed by atoms with Gasteiger partial charge in [-0.25, -0.2) is 0 Å². The van der Waals surface area contributed by atoms with Crippen molar-refractivity contribution in [1.29, 1.82) is 0 Å². The van der Waals surface area contributed by atoms with Crippen molar-refractivity contribution in [2.24, 2.45) is 0 Å². The molecule has 0 radical (unpaired) electrons. The molecular weight excluding hydrogens is 204 g/mol. The molecule has 4 heteroatoms. The summed E-state index contributed by atoms with van der Waals surface area (Å²) < 4.78 is 0. The number of hydrogen-bond donors (Lipinski definition) is 2. The Labute approximate surface area is 95.3 Å². The minimum Gasteiger partial charge on any atom is -0.391 e. The van der Waals surface area contributed by atoms with E-state index >= 15 is 0 Å². The van der Waals surface area contributed by atoms with E-state index in [0.717, 1.165) is 12.8 Å². The van der Waals surface area contributed by atoms with E-state index in [4.69, 9.17) is 0 Å². The van der Waals surface area contributed by atoms with Crippen LogP contribution in [0.3, 0.4) is 0 Å². The van der Waals surface area contributed by atoms with Crippen LogP contribution in [0.5, 0.6) is 0 Å². The van der Waals surface area contributed by atoms with Crippen molar-refractivity contribution in [2.45, 2.75) is 38.3 Å². The van der Waals surface area contributed by atoms with Crippen LogP contribution in [0.1, 0.15) is 37.2 Å². The third-order valence-corrected chi connectivity index (χ3v) is 3.29. The van der Waals surface area contributed by atoms with Gasteiger partial charge in [0.15, 0.2) is 0 Å². The molecule has 0 bridgehead atoms. The molecule has 2 heterocycles. The standard InChI is InChI=1S/C12H18N2O2/c1-12(2)6-5-9(15)8-14(12)11(16)10-4-3-7-13-10/h3-4,7,9,13,15H,5-6,8H2,1-2H3. The number of H-pyrrole nitrogens is 1. The Hall–Kier alpha value is -1.29. The summed E-state index contributed by atoms with van der Waals surface area (Å²) in [5.41, 5.74) is 0.406. The lowest BCUT2D eigenvalue weighted by Crippen LogP contribution is -2.54. The molecule has 1 aromatic heterocycles. The highest BCUT2D eigenvalue weighted by atomic mass is 16.3. The number of hydrogen-bond acceptors (Lipinski definition) is 2. The smallest absolute Gasteiger partial charge is 0.270 e. The van der Waals surface area contributed by atoms with Crippen molar-refractivity contribution in [2.75, 3.05) is 6.54 Å². The Balaban J connectivity index is 2.21. The van der Waals surface area contributed by atoms with E-state index in [-0.39, 0.29) is 11.4 Å². The van der Waals surface area contributed by atoms with Crippen molar-refractivity contribution in [3.8, 4) is 0 Å². The Morgan fingerprint density at radius 1 is 1.62 bits per heavy atom. The number of aliphatic hydroxyl groups excluding tert-OH is 1. The fourth-order valence-electron chi connectivity index (χ4n) is 2.17. The van der Waals surface area contributed by atoms with Gasteiger partial charge in [-0.3, -0.25) is 4.79 Å². The van der Waals surface area contributed by atoms with Gasteiger partial charge in [0, 0.05) is 18.3 Å². The van der Waals surface area contributed by atoms with Crippen LogP contribution >= 0.6 is 0 Å². The van der Waals surface area contributed by atoms with Crippen molar-refractivity contribution >= 4 is 5.91 Å². The molecule has 1 fully saturated rings. The van der Waals surface area contributed by atoms with E-state index in [2.05, 4.69) is 4.98 Å². The Kier molecular flexibility index (Phi) is 2.76. The lowest BCUT2D eigenvalue weighted by Gasteiger charge is -2.44. The second-order valence-corrected chi connectivity index (χ2v) is 5.00. The average Bonchev–Trinajstić information content (AvgIpc) is 2.74. The fourth-order valence-corrected chi connectivity index (χ4v) is 2.17. The van der Waals surface area contributed by atoms with Gasteiger partial charge in [-0.2, -0.15) is 0 Å². The summed E-state index contributed by atoms with van der Waals surface area (Å²) in [7, 11) is 0. The van der Waals surface area contributed by atoms with Gasteiger partial charge in [0.1, 0.15) is 5.69 Å². The lowest BCUT2D eigenvalue weighted by molar-refractivity contribution is 0.00120. The molecule has 88 valence electrons. The molecule has 1 aliphatic rings.